The maximum Gasteiger partial charge on any atom is 0.246 e. The first-order chi connectivity index (χ1) is 9.83. The summed E-state index contributed by atoms with van der Waals surface area (Å²) in [6.45, 7) is 0.273. The Kier molecular flexibility index (Phi) is 3.32. The maximum atomic E-state index is 13.9. The lowest BCUT2D eigenvalue weighted by atomic mass is 10.3. The third-order valence-corrected chi connectivity index (χ3v) is 2.56. The van der Waals surface area contributed by atoms with Crippen molar-refractivity contribution >= 4 is 0 Å². The van der Waals surface area contributed by atoms with Gasteiger partial charge in [0.1, 0.15) is 18.0 Å². The van der Waals surface area contributed by atoms with E-state index in [9.17, 15) is 4.39 Å². The summed E-state index contributed by atoms with van der Waals surface area (Å²) in [4.78, 5) is 5.17. The first-order valence-electron chi connectivity index (χ1n) is 5.81. The van der Waals surface area contributed by atoms with Crippen molar-refractivity contribution in [3.63, 3.8) is 0 Å². The van der Waals surface area contributed by atoms with Crippen molar-refractivity contribution in [1.82, 2.24) is 25.2 Å². The van der Waals surface area contributed by atoms with E-state index in [1.54, 1.807) is 12.3 Å². The fraction of sp³-hybridized carbons (Fsp3) is 0.0769. The number of benzene rings is 1. The van der Waals surface area contributed by atoms with Crippen molar-refractivity contribution in [1.29, 1.82) is 0 Å². The molecular weight excluding hydrogens is 261 g/mol. The molecule has 20 heavy (non-hydrogen) atoms. The zero-order valence-corrected chi connectivity index (χ0v) is 10.3. The Morgan fingerprint density at radius 3 is 2.90 bits per heavy atom. The van der Waals surface area contributed by atoms with Gasteiger partial charge in [-0.1, -0.05) is 6.07 Å². The Hall–Kier alpha value is -2.83. The minimum atomic E-state index is -0.505. The zero-order valence-electron chi connectivity index (χ0n) is 10.3. The van der Waals surface area contributed by atoms with Crippen LogP contribution < -0.4 is 4.74 Å². The van der Waals surface area contributed by atoms with Gasteiger partial charge in [0.2, 0.25) is 6.33 Å². The summed E-state index contributed by atoms with van der Waals surface area (Å²) in [7, 11) is 0. The van der Waals surface area contributed by atoms with Gasteiger partial charge < -0.3 is 4.74 Å². The highest BCUT2D eigenvalue weighted by atomic mass is 19.1. The van der Waals surface area contributed by atoms with Crippen LogP contribution >= 0.6 is 0 Å². The van der Waals surface area contributed by atoms with Gasteiger partial charge in [0.05, 0.1) is 5.69 Å². The van der Waals surface area contributed by atoms with Crippen molar-refractivity contribution in [3.05, 3.63) is 60.4 Å². The second-order valence-corrected chi connectivity index (χ2v) is 3.90. The van der Waals surface area contributed by atoms with E-state index in [0.29, 0.717) is 5.75 Å². The van der Waals surface area contributed by atoms with Gasteiger partial charge in [0.15, 0.2) is 5.82 Å². The molecule has 0 saturated carbocycles. The van der Waals surface area contributed by atoms with Crippen LogP contribution in [-0.2, 0) is 6.61 Å². The SMILES string of the molecule is Fc1cc(OCc2ccccn2)ccc1-n1n[c]nn1. The summed E-state index contributed by atoms with van der Waals surface area (Å²) in [5.41, 5.74) is 0.952. The third-order valence-electron chi connectivity index (χ3n) is 2.56. The second kappa shape index (κ2) is 5.43. The van der Waals surface area contributed by atoms with Crippen LogP contribution in [0.15, 0.2) is 42.6 Å². The lowest BCUT2D eigenvalue weighted by Gasteiger charge is -2.07. The van der Waals surface area contributed by atoms with Crippen molar-refractivity contribution in [2.75, 3.05) is 0 Å². The average molecular weight is 270 g/mol. The normalized spacial score (nSPS) is 10.4. The summed E-state index contributed by atoms with van der Waals surface area (Å²) >= 11 is 0. The number of hydrogen-bond acceptors (Lipinski definition) is 5. The first-order valence-corrected chi connectivity index (χ1v) is 5.81. The molecule has 99 valence electrons. The molecule has 0 spiro atoms. The van der Waals surface area contributed by atoms with Gasteiger partial charge >= 0.3 is 0 Å². The Balaban J connectivity index is 1.74. The molecule has 0 unspecified atom stereocenters. The van der Waals surface area contributed by atoms with Crippen LogP contribution in [0.1, 0.15) is 5.69 Å². The number of ether oxygens (including phenoxy) is 1. The zero-order chi connectivity index (χ0) is 13.8. The molecule has 0 saturated heterocycles. The number of hydrogen-bond donors (Lipinski definition) is 0. The van der Waals surface area contributed by atoms with Gasteiger partial charge in [-0.2, -0.15) is 0 Å². The molecule has 1 radical (unpaired) electrons. The number of tetrazole rings is 1. The predicted octanol–water partition coefficient (Wildman–Crippen LogP) is 1.58. The molecule has 2 heterocycles. The number of rotatable bonds is 4. The van der Waals surface area contributed by atoms with Gasteiger partial charge in [-0.25, -0.2) is 4.39 Å². The maximum absolute atomic E-state index is 13.9. The molecule has 2 aromatic heterocycles. The summed E-state index contributed by atoms with van der Waals surface area (Å²) in [5.74, 6) is -0.101. The second-order valence-electron chi connectivity index (χ2n) is 3.90. The monoisotopic (exact) mass is 270 g/mol. The lowest BCUT2D eigenvalue weighted by molar-refractivity contribution is 0.299. The van der Waals surface area contributed by atoms with Crippen molar-refractivity contribution in [3.8, 4) is 11.4 Å². The molecular formula is C13H9FN5O. The van der Waals surface area contributed by atoms with E-state index in [0.717, 1.165) is 10.5 Å². The Morgan fingerprint density at radius 1 is 1.25 bits per heavy atom. The van der Waals surface area contributed by atoms with E-state index in [4.69, 9.17) is 4.74 Å². The molecule has 7 heteroatoms. The highest BCUT2D eigenvalue weighted by Gasteiger charge is 2.08. The Bertz CT molecular complexity index is 687. The van der Waals surface area contributed by atoms with Gasteiger partial charge in [0, 0.05) is 12.3 Å². The molecule has 0 amide bonds. The minimum Gasteiger partial charge on any atom is -0.487 e. The fourth-order valence-corrected chi connectivity index (χ4v) is 1.63. The quantitative estimate of drug-likeness (QED) is 0.720. The Morgan fingerprint density at radius 2 is 2.20 bits per heavy atom. The fourth-order valence-electron chi connectivity index (χ4n) is 1.63. The lowest BCUT2D eigenvalue weighted by Crippen LogP contribution is -2.03. The van der Waals surface area contributed by atoms with Crippen LogP contribution in [0.25, 0.3) is 5.69 Å². The molecule has 0 aliphatic heterocycles. The molecule has 3 rings (SSSR count). The van der Waals surface area contributed by atoms with Gasteiger partial charge in [-0.3, -0.25) is 4.98 Å². The number of halogens is 1. The summed E-state index contributed by atoms with van der Waals surface area (Å²) in [5, 5.41) is 10.6. The van der Waals surface area contributed by atoms with Crippen LogP contribution in [0.3, 0.4) is 0 Å². The van der Waals surface area contributed by atoms with E-state index in [2.05, 4.69) is 26.7 Å². The molecule has 6 nitrogen and oxygen atoms in total. The van der Waals surface area contributed by atoms with Crippen molar-refractivity contribution in [2.24, 2.45) is 0 Å². The molecule has 3 aromatic rings. The van der Waals surface area contributed by atoms with E-state index in [1.165, 1.54) is 12.1 Å². The Labute approximate surface area is 113 Å². The number of aromatic nitrogens is 5. The van der Waals surface area contributed by atoms with Crippen molar-refractivity contribution < 1.29 is 9.13 Å². The summed E-state index contributed by atoms with van der Waals surface area (Å²) in [6.07, 6.45) is 3.94. The van der Waals surface area contributed by atoms with Crippen LogP contribution in [0.5, 0.6) is 5.75 Å². The molecule has 1 aromatic carbocycles. The molecule has 0 bridgehead atoms. The minimum absolute atomic E-state index is 0.184. The number of nitrogens with zero attached hydrogens (tertiary/aromatic N) is 5. The molecule has 0 aliphatic rings. The number of pyridine rings is 1. The van der Waals surface area contributed by atoms with E-state index < -0.39 is 5.82 Å². The van der Waals surface area contributed by atoms with E-state index >= 15 is 0 Å². The first kappa shape index (κ1) is 12.2. The van der Waals surface area contributed by atoms with Crippen molar-refractivity contribution in [2.45, 2.75) is 6.61 Å². The highest BCUT2D eigenvalue weighted by molar-refractivity contribution is 5.37. The largest absolute Gasteiger partial charge is 0.487 e. The summed E-state index contributed by atoms with van der Waals surface area (Å²) in [6, 6.07) is 9.92. The van der Waals surface area contributed by atoms with E-state index in [-0.39, 0.29) is 12.3 Å². The predicted molar refractivity (Wildman–Crippen MR) is 66.5 cm³/mol. The standard InChI is InChI=1S/C13H9FN5O/c14-12-7-11(20-8-10-3-1-2-6-15-10)4-5-13(12)19-17-9-16-18-19/h1-7H,8H2. The average Bonchev–Trinajstić information content (AvgIpc) is 3.00. The summed E-state index contributed by atoms with van der Waals surface area (Å²) < 4.78 is 19.4. The molecule has 0 N–H and O–H groups in total. The molecule has 0 aliphatic carbocycles. The van der Waals surface area contributed by atoms with Crippen LogP contribution in [0.4, 0.5) is 4.39 Å². The van der Waals surface area contributed by atoms with Crippen LogP contribution in [0, 0.1) is 12.1 Å². The van der Waals surface area contributed by atoms with Gasteiger partial charge in [-0.05, 0) is 29.5 Å². The molecule has 0 atom stereocenters. The third kappa shape index (κ3) is 2.61. The van der Waals surface area contributed by atoms with Gasteiger partial charge in [-0.15, -0.1) is 15.0 Å². The topological polar surface area (TPSA) is 65.7 Å². The molecule has 0 fully saturated rings. The van der Waals surface area contributed by atoms with Crippen LogP contribution in [0.2, 0.25) is 0 Å². The van der Waals surface area contributed by atoms with E-state index in [1.807, 2.05) is 18.2 Å². The van der Waals surface area contributed by atoms with Gasteiger partial charge in [0.25, 0.3) is 0 Å². The van der Waals surface area contributed by atoms with Crippen LogP contribution in [-0.4, -0.2) is 25.2 Å². The highest BCUT2D eigenvalue weighted by Crippen LogP contribution is 2.19. The smallest absolute Gasteiger partial charge is 0.246 e.